The van der Waals surface area contributed by atoms with Gasteiger partial charge in [-0.25, -0.2) is 4.68 Å². The molecule has 0 aliphatic rings. The van der Waals surface area contributed by atoms with E-state index in [1.165, 1.54) is 0 Å². The first-order chi connectivity index (χ1) is 6.12. The van der Waals surface area contributed by atoms with Crippen LogP contribution in [0.15, 0.2) is 6.07 Å². The van der Waals surface area contributed by atoms with E-state index in [2.05, 4.69) is 5.10 Å². The molecule has 0 aliphatic carbocycles. The second kappa shape index (κ2) is 2.90. The molecule has 0 aliphatic heterocycles. The fraction of sp³-hybridized carbons (Fsp3) is 0.625. The van der Waals surface area contributed by atoms with Gasteiger partial charge in [0.15, 0.2) is 5.69 Å². The Labute approximate surface area is 79.2 Å². The number of aromatic hydroxyl groups is 1. The number of halogens is 3. The maximum absolute atomic E-state index is 12.2. The van der Waals surface area contributed by atoms with Crippen LogP contribution >= 0.6 is 0 Å². The van der Waals surface area contributed by atoms with E-state index >= 15 is 0 Å². The van der Waals surface area contributed by atoms with Gasteiger partial charge in [0.25, 0.3) is 0 Å². The summed E-state index contributed by atoms with van der Waals surface area (Å²) in [5.74, 6) is -0.482. The molecule has 3 nitrogen and oxygen atoms in total. The highest BCUT2D eigenvalue weighted by atomic mass is 19.4. The van der Waals surface area contributed by atoms with Crippen LogP contribution in [0.2, 0.25) is 0 Å². The lowest BCUT2D eigenvalue weighted by Crippen LogP contribution is -2.23. The Kier molecular flexibility index (Phi) is 2.25. The fourth-order valence-corrected chi connectivity index (χ4v) is 1.00. The van der Waals surface area contributed by atoms with Crippen molar-refractivity contribution < 1.29 is 18.3 Å². The molecule has 6 heteroatoms. The number of aromatic nitrogens is 2. The van der Waals surface area contributed by atoms with Crippen LogP contribution in [0.4, 0.5) is 13.2 Å². The van der Waals surface area contributed by atoms with Crippen molar-refractivity contribution in [2.45, 2.75) is 32.5 Å². The van der Waals surface area contributed by atoms with Crippen LogP contribution in [0.5, 0.6) is 5.88 Å². The molecule has 1 rings (SSSR count). The standard InChI is InChI=1S/C8H11F3N2O/c1-7(2,3)13-6(14)4-5(12-13)8(9,10)11/h4,14H,1-3H3. The molecule has 0 radical (unpaired) electrons. The minimum Gasteiger partial charge on any atom is -0.493 e. The summed E-state index contributed by atoms with van der Waals surface area (Å²) < 4.78 is 37.5. The molecule has 0 aromatic carbocycles. The zero-order valence-corrected chi connectivity index (χ0v) is 8.05. The molecule has 0 amide bonds. The molecule has 1 aromatic heterocycles. The van der Waals surface area contributed by atoms with Crippen molar-refractivity contribution in [3.8, 4) is 5.88 Å². The third kappa shape index (κ3) is 2.00. The molecule has 80 valence electrons. The molecule has 1 heterocycles. The molecule has 14 heavy (non-hydrogen) atoms. The molecular weight excluding hydrogens is 197 g/mol. The van der Waals surface area contributed by atoms with Crippen molar-refractivity contribution in [2.24, 2.45) is 0 Å². The van der Waals surface area contributed by atoms with Crippen LogP contribution in [0.3, 0.4) is 0 Å². The smallest absolute Gasteiger partial charge is 0.435 e. The van der Waals surface area contributed by atoms with Gasteiger partial charge in [0, 0.05) is 6.07 Å². The average molecular weight is 208 g/mol. The Morgan fingerprint density at radius 1 is 1.29 bits per heavy atom. The normalized spacial score (nSPS) is 13.3. The SMILES string of the molecule is CC(C)(C)n1nc(C(F)(F)F)cc1O. The largest absolute Gasteiger partial charge is 0.493 e. The van der Waals surface area contributed by atoms with E-state index < -0.39 is 23.3 Å². The minimum absolute atomic E-state index is 0.482. The molecule has 0 atom stereocenters. The molecular formula is C8H11F3N2O. The van der Waals surface area contributed by atoms with E-state index in [4.69, 9.17) is 0 Å². The van der Waals surface area contributed by atoms with Crippen molar-refractivity contribution in [1.29, 1.82) is 0 Å². The van der Waals surface area contributed by atoms with Crippen molar-refractivity contribution >= 4 is 0 Å². The number of nitrogens with zero attached hydrogens (tertiary/aromatic N) is 2. The second-order valence-electron chi connectivity index (χ2n) is 3.97. The Balaban J connectivity index is 3.19. The molecule has 1 aromatic rings. The lowest BCUT2D eigenvalue weighted by atomic mass is 10.1. The van der Waals surface area contributed by atoms with E-state index in [1.807, 2.05) is 0 Å². The maximum atomic E-state index is 12.2. The number of alkyl halides is 3. The van der Waals surface area contributed by atoms with Crippen molar-refractivity contribution in [2.75, 3.05) is 0 Å². The molecule has 0 spiro atoms. The van der Waals surface area contributed by atoms with Crippen molar-refractivity contribution in [3.05, 3.63) is 11.8 Å². The summed E-state index contributed by atoms with van der Waals surface area (Å²) in [7, 11) is 0. The maximum Gasteiger partial charge on any atom is 0.435 e. The Morgan fingerprint density at radius 3 is 2.00 bits per heavy atom. The quantitative estimate of drug-likeness (QED) is 0.710. The molecule has 0 bridgehead atoms. The van der Waals surface area contributed by atoms with Gasteiger partial charge < -0.3 is 5.11 Å². The molecule has 1 N–H and O–H groups in total. The van der Waals surface area contributed by atoms with Crippen LogP contribution in [0.25, 0.3) is 0 Å². The topological polar surface area (TPSA) is 38.0 Å². The highest BCUT2D eigenvalue weighted by Crippen LogP contribution is 2.32. The van der Waals surface area contributed by atoms with Gasteiger partial charge in [-0.3, -0.25) is 0 Å². The van der Waals surface area contributed by atoms with Crippen LogP contribution in [0, 0.1) is 0 Å². The van der Waals surface area contributed by atoms with Gasteiger partial charge >= 0.3 is 6.18 Å². The summed E-state index contributed by atoms with van der Waals surface area (Å²) in [6.07, 6.45) is -4.52. The summed E-state index contributed by atoms with van der Waals surface area (Å²) in [5.41, 5.74) is -1.75. The van der Waals surface area contributed by atoms with Crippen LogP contribution in [-0.2, 0) is 11.7 Å². The lowest BCUT2D eigenvalue weighted by molar-refractivity contribution is -0.141. The summed E-state index contributed by atoms with van der Waals surface area (Å²) in [5, 5.41) is 12.5. The predicted octanol–water partition coefficient (Wildman–Crippen LogP) is 2.36. The summed E-state index contributed by atoms with van der Waals surface area (Å²) >= 11 is 0. The lowest BCUT2D eigenvalue weighted by Gasteiger charge is -2.19. The number of rotatable bonds is 0. The van der Waals surface area contributed by atoms with E-state index in [-0.39, 0.29) is 0 Å². The Morgan fingerprint density at radius 2 is 1.79 bits per heavy atom. The highest BCUT2D eigenvalue weighted by molar-refractivity contribution is 5.18. The van der Waals surface area contributed by atoms with E-state index in [9.17, 15) is 18.3 Å². The predicted molar refractivity (Wildman–Crippen MR) is 43.9 cm³/mol. The first kappa shape index (κ1) is 10.9. The third-order valence-corrected chi connectivity index (χ3v) is 1.62. The van der Waals surface area contributed by atoms with Crippen molar-refractivity contribution in [1.82, 2.24) is 9.78 Å². The van der Waals surface area contributed by atoms with Gasteiger partial charge in [-0.05, 0) is 20.8 Å². The van der Waals surface area contributed by atoms with E-state index in [0.717, 1.165) is 4.68 Å². The third-order valence-electron chi connectivity index (χ3n) is 1.62. The first-order valence-electron chi connectivity index (χ1n) is 3.99. The highest BCUT2D eigenvalue weighted by Gasteiger charge is 2.36. The molecule has 0 unspecified atom stereocenters. The number of hydrogen-bond donors (Lipinski definition) is 1. The van der Waals surface area contributed by atoms with E-state index in [0.29, 0.717) is 6.07 Å². The average Bonchev–Trinajstić information content (AvgIpc) is 2.27. The zero-order chi connectivity index (χ0) is 11.1. The van der Waals surface area contributed by atoms with Gasteiger partial charge in [-0.2, -0.15) is 18.3 Å². The molecule has 0 saturated carbocycles. The molecule has 0 fully saturated rings. The van der Waals surface area contributed by atoms with E-state index in [1.54, 1.807) is 20.8 Å². The monoisotopic (exact) mass is 208 g/mol. The summed E-state index contributed by atoms with van der Waals surface area (Å²) in [4.78, 5) is 0. The Hall–Kier alpha value is -1.20. The Bertz CT molecular complexity index is 335. The molecule has 0 saturated heterocycles. The van der Waals surface area contributed by atoms with Crippen molar-refractivity contribution in [3.63, 3.8) is 0 Å². The number of hydrogen-bond acceptors (Lipinski definition) is 2. The minimum atomic E-state index is -4.52. The first-order valence-corrected chi connectivity index (χ1v) is 3.99. The van der Waals surface area contributed by atoms with Gasteiger partial charge in [0.1, 0.15) is 0 Å². The summed E-state index contributed by atoms with van der Waals surface area (Å²) in [6.45, 7) is 4.96. The summed E-state index contributed by atoms with van der Waals surface area (Å²) in [6, 6.07) is 0.616. The van der Waals surface area contributed by atoms with Gasteiger partial charge in [-0.1, -0.05) is 0 Å². The van der Waals surface area contributed by atoms with Gasteiger partial charge in [-0.15, -0.1) is 0 Å². The fourth-order valence-electron chi connectivity index (χ4n) is 1.00. The van der Waals surface area contributed by atoms with Gasteiger partial charge in [0.05, 0.1) is 5.54 Å². The zero-order valence-electron chi connectivity index (χ0n) is 8.05. The van der Waals surface area contributed by atoms with Crippen LogP contribution < -0.4 is 0 Å². The van der Waals surface area contributed by atoms with Crippen LogP contribution in [0.1, 0.15) is 26.5 Å². The second-order valence-corrected chi connectivity index (χ2v) is 3.97. The van der Waals surface area contributed by atoms with Crippen LogP contribution in [-0.4, -0.2) is 14.9 Å². The van der Waals surface area contributed by atoms with Gasteiger partial charge in [0.2, 0.25) is 5.88 Å².